The first-order chi connectivity index (χ1) is 9.32. The Labute approximate surface area is 125 Å². The van der Waals surface area contributed by atoms with Crippen molar-refractivity contribution in [3.8, 4) is 0 Å². The van der Waals surface area contributed by atoms with Gasteiger partial charge in [0.05, 0.1) is 11.5 Å². The lowest BCUT2D eigenvalue weighted by Crippen LogP contribution is -2.43. The van der Waals surface area contributed by atoms with E-state index < -0.39 is 10.0 Å². The van der Waals surface area contributed by atoms with Gasteiger partial charge in [-0.25, -0.2) is 13.4 Å². The van der Waals surface area contributed by atoms with E-state index in [4.69, 9.17) is 18.0 Å². The molecule has 1 aromatic heterocycles. The first kappa shape index (κ1) is 15.4. The van der Waals surface area contributed by atoms with E-state index in [1.807, 2.05) is 0 Å². The highest BCUT2D eigenvalue weighted by molar-refractivity contribution is 7.89. The Hall–Kier alpha value is -0.990. The molecule has 1 aromatic rings. The van der Waals surface area contributed by atoms with Crippen LogP contribution in [-0.4, -0.2) is 39.8 Å². The van der Waals surface area contributed by atoms with Gasteiger partial charge in [0, 0.05) is 19.3 Å². The molecule has 20 heavy (non-hydrogen) atoms. The van der Waals surface area contributed by atoms with E-state index >= 15 is 0 Å². The molecule has 1 aliphatic rings. The predicted octanol–water partition coefficient (Wildman–Crippen LogP) is 0.948. The molecule has 1 fully saturated rings. The number of imidazole rings is 1. The Balaban J connectivity index is 2.37. The Morgan fingerprint density at radius 3 is 2.60 bits per heavy atom. The van der Waals surface area contributed by atoms with Crippen LogP contribution in [0.1, 0.15) is 31.5 Å². The van der Waals surface area contributed by atoms with Gasteiger partial charge in [-0.15, -0.1) is 0 Å². The molecule has 0 atom stereocenters. The Morgan fingerprint density at radius 1 is 1.55 bits per heavy atom. The van der Waals surface area contributed by atoms with Crippen molar-refractivity contribution in [2.24, 2.45) is 12.8 Å². The molecule has 2 rings (SSSR count). The number of hydrogen-bond donors (Lipinski definition) is 1. The van der Waals surface area contributed by atoms with Gasteiger partial charge in [0.15, 0.2) is 5.03 Å². The molecule has 0 bridgehead atoms. The fourth-order valence-electron chi connectivity index (χ4n) is 2.53. The van der Waals surface area contributed by atoms with Crippen molar-refractivity contribution in [3.63, 3.8) is 0 Å². The second-order valence-electron chi connectivity index (χ2n) is 5.19. The minimum atomic E-state index is -3.65. The lowest BCUT2D eigenvalue weighted by molar-refractivity contribution is 0.354. The number of hydrogen-bond acceptors (Lipinski definition) is 4. The monoisotopic (exact) mass is 316 g/mol. The van der Waals surface area contributed by atoms with Crippen molar-refractivity contribution >= 4 is 27.2 Å². The van der Waals surface area contributed by atoms with Gasteiger partial charge in [0.1, 0.15) is 5.82 Å². The number of aryl methyl sites for hydroxylation is 2. The van der Waals surface area contributed by atoms with Crippen molar-refractivity contribution in [2.45, 2.75) is 43.7 Å². The summed E-state index contributed by atoms with van der Waals surface area (Å²) in [5.74, 6) is 0.658. The van der Waals surface area contributed by atoms with Crippen LogP contribution in [0.5, 0.6) is 0 Å². The predicted molar refractivity (Wildman–Crippen MR) is 80.9 cm³/mol. The first-order valence-electron chi connectivity index (χ1n) is 6.62. The molecule has 0 spiro atoms. The van der Waals surface area contributed by atoms with Crippen LogP contribution in [0.25, 0.3) is 0 Å². The van der Waals surface area contributed by atoms with Crippen molar-refractivity contribution in [1.29, 1.82) is 0 Å². The van der Waals surface area contributed by atoms with Gasteiger partial charge in [0.25, 0.3) is 10.0 Å². The molecule has 112 valence electrons. The summed E-state index contributed by atoms with van der Waals surface area (Å²) in [5.41, 5.74) is 5.57. The van der Waals surface area contributed by atoms with E-state index in [0.717, 1.165) is 25.7 Å². The average molecular weight is 316 g/mol. The highest BCUT2D eigenvalue weighted by Gasteiger charge is 2.35. The van der Waals surface area contributed by atoms with E-state index in [9.17, 15) is 8.42 Å². The molecule has 2 N–H and O–H groups in total. The molecular weight excluding hydrogens is 296 g/mol. The topological polar surface area (TPSA) is 81.2 Å². The summed E-state index contributed by atoms with van der Waals surface area (Å²) in [5, 5.41) is 0.0700. The molecule has 8 heteroatoms. The summed E-state index contributed by atoms with van der Waals surface area (Å²) >= 11 is 4.90. The third kappa shape index (κ3) is 3.02. The van der Waals surface area contributed by atoms with Gasteiger partial charge < -0.3 is 10.3 Å². The van der Waals surface area contributed by atoms with Gasteiger partial charge in [-0.2, -0.15) is 4.31 Å². The lowest BCUT2D eigenvalue weighted by Gasteiger charge is -2.26. The van der Waals surface area contributed by atoms with Gasteiger partial charge >= 0.3 is 0 Å². The smallest absolute Gasteiger partial charge is 0.262 e. The quantitative estimate of drug-likeness (QED) is 0.818. The first-order valence-corrected chi connectivity index (χ1v) is 8.47. The maximum absolute atomic E-state index is 12.8. The highest BCUT2D eigenvalue weighted by Crippen LogP contribution is 2.28. The van der Waals surface area contributed by atoms with Crippen LogP contribution in [0, 0.1) is 6.92 Å². The maximum atomic E-state index is 12.8. The fourth-order valence-corrected chi connectivity index (χ4v) is 4.44. The SMILES string of the molecule is Cc1nc(S(=O)(=O)N(CC(N)=S)C2CCCC2)cn1C. The van der Waals surface area contributed by atoms with Crippen LogP contribution in [0.2, 0.25) is 0 Å². The van der Waals surface area contributed by atoms with Crippen LogP contribution >= 0.6 is 12.2 Å². The van der Waals surface area contributed by atoms with Crippen LogP contribution in [0.15, 0.2) is 11.2 Å². The molecule has 1 saturated carbocycles. The lowest BCUT2D eigenvalue weighted by atomic mass is 10.2. The highest BCUT2D eigenvalue weighted by atomic mass is 32.2. The van der Waals surface area contributed by atoms with Crippen molar-refractivity contribution in [1.82, 2.24) is 13.9 Å². The van der Waals surface area contributed by atoms with Gasteiger partial charge in [-0.05, 0) is 19.8 Å². The minimum absolute atomic E-state index is 0.0242. The van der Waals surface area contributed by atoms with Crippen molar-refractivity contribution < 1.29 is 8.42 Å². The summed E-state index contributed by atoms with van der Waals surface area (Å²) < 4.78 is 28.6. The Bertz CT molecular complexity index is 583. The van der Waals surface area contributed by atoms with Crippen LogP contribution in [0.4, 0.5) is 0 Å². The molecule has 0 aliphatic heterocycles. The van der Waals surface area contributed by atoms with E-state index in [1.165, 1.54) is 10.5 Å². The zero-order chi connectivity index (χ0) is 14.9. The summed E-state index contributed by atoms with van der Waals surface area (Å²) in [6.07, 6.45) is 5.32. The molecule has 0 amide bonds. The summed E-state index contributed by atoms with van der Waals surface area (Å²) in [4.78, 5) is 4.32. The summed E-state index contributed by atoms with van der Waals surface area (Å²) in [7, 11) is -1.87. The van der Waals surface area contributed by atoms with Gasteiger partial charge in [0.2, 0.25) is 0 Å². The molecule has 0 radical (unpaired) electrons. The van der Waals surface area contributed by atoms with Crippen LogP contribution in [0.3, 0.4) is 0 Å². The Kier molecular flexibility index (Phi) is 4.46. The number of nitrogens with zero attached hydrogens (tertiary/aromatic N) is 3. The summed E-state index contributed by atoms with van der Waals surface area (Å²) in [6.45, 7) is 1.85. The average Bonchev–Trinajstić information content (AvgIpc) is 2.97. The van der Waals surface area contributed by atoms with Crippen molar-refractivity contribution in [3.05, 3.63) is 12.0 Å². The zero-order valence-electron chi connectivity index (χ0n) is 11.7. The standard InChI is InChI=1S/C12H20N4O2S2/c1-9-14-12(8-15(9)2)20(17,18)16(7-11(13)19)10-5-3-4-6-10/h8,10H,3-7H2,1-2H3,(H2,13,19). The minimum Gasteiger partial charge on any atom is -0.392 e. The molecular formula is C12H20N4O2S2. The van der Waals surface area contributed by atoms with E-state index in [2.05, 4.69) is 4.98 Å². The third-order valence-electron chi connectivity index (χ3n) is 3.70. The number of rotatable bonds is 5. The number of thiocarbonyl (C=S) groups is 1. The zero-order valence-corrected chi connectivity index (χ0v) is 13.4. The third-order valence-corrected chi connectivity index (χ3v) is 5.60. The number of sulfonamides is 1. The molecule has 6 nitrogen and oxygen atoms in total. The Morgan fingerprint density at radius 2 is 2.15 bits per heavy atom. The number of aromatic nitrogens is 2. The van der Waals surface area contributed by atoms with Crippen LogP contribution < -0.4 is 5.73 Å². The molecule has 1 aliphatic carbocycles. The summed E-state index contributed by atoms with van der Waals surface area (Å²) in [6, 6.07) is -0.0242. The van der Waals surface area contributed by atoms with E-state index in [-0.39, 0.29) is 22.6 Å². The molecule has 0 unspecified atom stereocenters. The van der Waals surface area contributed by atoms with Gasteiger partial charge in [-0.3, -0.25) is 0 Å². The normalized spacial score (nSPS) is 16.9. The van der Waals surface area contributed by atoms with E-state index in [1.54, 1.807) is 18.5 Å². The van der Waals surface area contributed by atoms with Crippen LogP contribution in [-0.2, 0) is 17.1 Å². The largest absolute Gasteiger partial charge is 0.392 e. The fraction of sp³-hybridized carbons (Fsp3) is 0.667. The molecule has 1 heterocycles. The second kappa shape index (κ2) is 5.79. The second-order valence-corrected chi connectivity index (χ2v) is 7.55. The maximum Gasteiger partial charge on any atom is 0.262 e. The molecule has 0 aromatic carbocycles. The molecule has 0 saturated heterocycles. The van der Waals surface area contributed by atoms with E-state index in [0.29, 0.717) is 5.82 Å². The van der Waals surface area contributed by atoms with Crippen molar-refractivity contribution in [2.75, 3.05) is 6.54 Å². The number of nitrogens with two attached hydrogens (primary N) is 1. The van der Waals surface area contributed by atoms with Gasteiger partial charge in [-0.1, -0.05) is 25.1 Å².